The average Bonchev–Trinajstić information content (AvgIpc) is 3.34. The number of thiazole rings is 1. The second-order valence-electron chi connectivity index (χ2n) is 11.0. The highest BCUT2D eigenvalue weighted by molar-refractivity contribution is 7.07. The van der Waals surface area contributed by atoms with E-state index in [0.717, 1.165) is 27.5 Å². The van der Waals surface area contributed by atoms with Gasteiger partial charge in [0.1, 0.15) is 18.1 Å². The molecule has 0 spiro atoms. The fraction of sp³-hybridized carbons (Fsp3) is 0.216. The number of hydrogen-bond donors (Lipinski definition) is 0. The van der Waals surface area contributed by atoms with Gasteiger partial charge in [-0.15, -0.1) is 0 Å². The van der Waals surface area contributed by atoms with Crippen molar-refractivity contribution in [1.82, 2.24) is 4.57 Å². The van der Waals surface area contributed by atoms with Gasteiger partial charge in [0.15, 0.2) is 4.80 Å². The molecule has 0 amide bonds. The summed E-state index contributed by atoms with van der Waals surface area (Å²) in [6.45, 7) is 8.07. The van der Waals surface area contributed by atoms with Gasteiger partial charge in [0.05, 0.1) is 34.6 Å². The van der Waals surface area contributed by atoms with E-state index in [1.54, 1.807) is 18.4 Å². The van der Waals surface area contributed by atoms with Crippen molar-refractivity contribution in [3.8, 4) is 11.5 Å². The molecular weight excluding hydrogens is 584 g/mol. The van der Waals surface area contributed by atoms with Crippen LogP contribution in [-0.2, 0) is 16.1 Å². The van der Waals surface area contributed by atoms with Crippen molar-refractivity contribution in [2.24, 2.45) is 4.99 Å². The Kier molecular flexibility index (Phi) is 8.67. The Morgan fingerprint density at radius 2 is 1.71 bits per heavy atom. The van der Waals surface area contributed by atoms with Crippen LogP contribution in [0.4, 0.5) is 0 Å². The number of fused-ring (bicyclic) bond motifs is 2. The van der Waals surface area contributed by atoms with Crippen LogP contribution in [0, 0.1) is 0 Å². The van der Waals surface area contributed by atoms with Crippen LogP contribution in [-0.4, -0.2) is 23.2 Å². The van der Waals surface area contributed by atoms with E-state index < -0.39 is 12.0 Å². The van der Waals surface area contributed by atoms with Crippen LogP contribution >= 0.6 is 11.3 Å². The minimum absolute atomic E-state index is 0.0152. The molecule has 45 heavy (non-hydrogen) atoms. The van der Waals surface area contributed by atoms with Crippen LogP contribution in [0.2, 0.25) is 0 Å². The van der Waals surface area contributed by atoms with Crippen LogP contribution in [0.1, 0.15) is 50.4 Å². The van der Waals surface area contributed by atoms with Gasteiger partial charge in [0.2, 0.25) is 0 Å². The van der Waals surface area contributed by atoms with Gasteiger partial charge >= 0.3 is 5.97 Å². The monoisotopic (exact) mass is 618 g/mol. The molecule has 0 N–H and O–H groups in total. The number of aromatic nitrogens is 1. The van der Waals surface area contributed by atoms with Crippen LogP contribution in [0.5, 0.6) is 11.5 Å². The zero-order valence-electron chi connectivity index (χ0n) is 25.7. The molecular formula is C37H34N2O5S. The summed E-state index contributed by atoms with van der Waals surface area (Å²) in [5, 5.41) is 2.00. The number of hydrogen-bond acceptors (Lipinski definition) is 7. The third-order valence-electron chi connectivity index (χ3n) is 7.53. The number of benzene rings is 4. The van der Waals surface area contributed by atoms with Crippen LogP contribution in [0.15, 0.2) is 112 Å². The minimum Gasteiger partial charge on any atom is -0.491 e. The molecule has 5 aromatic rings. The van der Waals surface area contributed by atoms with Gasteiger partial charge in [-0.05, 0) is 73.9 Å². The largest absolute Gasteiger partial charge is 0.491 e. The summed E-state index contributed by atoms with van der Waals surface area (Å²) in [4.78, 5) is 32.9. The molecule has 8 heteroatoms. The third kappa shape index (κ3) is 6.19. The van der Waals surface area contributed by atoms with E-state index in [0.29, 0.717) is 38.7 Å². The van der Waals surface area contributed by atoms with Gasteiger partial charge in [-0.1, -0.05) is 84.1 Å². The lowest BCUT2D eigenvalue weighted by Gasteiger charge is -2.25. The summed E-state index contributed by atoms with van der Waals surface area (Å²) in [7, 11) is 0. The molecule has 0 unspecified atom stereocenters. The number of nitrogens with zero attached hydrogens (tertiary/aromatic N) is 2. The number of carbonyl (C=O) groups excluding carboxylic acids is 1. The van der Waals surface area contributed by atoms with Crippen molar-refractivity contribution in [3.63, 3.8) is 0 Å². The Morgan fingerprint density at radius 1 is 0.978 bits per heavy atom. The quantitative estimate of drug-likeness (QED) is 0.181. The number of ether oxygens (including phenoxy) is 3. The molecule has 228 valence electrons. The lowest BCUT2D eigenvalue weighted by atomic mass is 9.96. The molecule has 1 aromatic heterocycles. The van der Waals surface area contributed by atoms with Crippen LogP contribution in [0.25, 0.3) is 16.8 Å². The smallest absolute Gasteiger partial charge is 0.338 e. The van der Waals surface area contributed by atoms with Crippen molar-refractivity contribution >= 4 is 34.2 Å². The Labute approximate surface area is 265 Å². The molecule has 0 saturated heterocycles. The first-order valence-corrected chi connectivity index (χ1v) is 15.8. The van der Waals surface area contributed by atoms with E-state index in [2.05, 4.69) is 0 Å². The van der Waals surface area contributed by atoms with Crippen molar-refractivity contribution in [3.05, 3.63) is 139 Å². The first-order valence-electron chi connectivity index (χ1n) is 15.0. The highest BCUT2D eigenvalue weighted by Gasteiger charge is 2.33. The van der Waals surface area contributed by atoms with Crippen molar-refractivity contribution in [2.45, 2.75) is 46.4 Å². The predicted octanol–water partition coefficient (Wildman–Crippen LogP) is 6.32. The third-order valence-corrected chi connectivity index (χ3v) is 8.51. The molecule has 0 bridgehead atoms. The molecule has 0 fully saturated rings. The zero-order chi connectivity index (χ0) is 31.5. The molecule has 4 aromatic carbocycles. The summed E-state index contributed by atoms with van der Waals surface area (Å²) in [6, 6.07) is 28.7. The fourth-order valence-electron chi connectivity index (χ4n) is 5.52. The van der Waals surface area contributed by atoms with E-state index in [4.69, 9.17) is 19.2 Å². The standard InChI is InChI=1S/C37H34N2O5S/c1-5-42-36(41)33-24(4)38-37-39(34(33)27-15-18-28(19-16-27)44-23(2)3)35(40)32(45-37)21-30-29-14-10-9-13-26(29)17-20-31(30)43-22-25-11-7-6-8-12-25/h6-21,23,34H,5,22H2,1-4H3/b32-21-/t34-/m0/s1. The van der Waals surface area contributed by atoms with Gasteiger partial charge in [0, 0.05) is 5.56 Å². The summed E-state index contributed by atoms with van der Waals surface area (Å²) < 4.78 is 19.7. The topological polar surface area (TPSA) is 79.1 Å². The number of allylic oxidation sites excluding steroid dienone is 1. The molecule has 7 nitrogen and oxygen atoms in total. The molecule has 2 heterocycles. The summed E-state index contributed by atoms with van der Waals surface area (Å²) in [6.07, 6.45) is 1.90. The number of carbonyl (C=O) groups is 1. The Balaban J connectivity index is 1.51. The predicted molar refractivity (Wildman–Crippen MR) is 177 cm³/mol. The maximum absolute atomic E-state index is 14.3. The van der Waals surface area contributed by atoms with Crippen LogP contribution in [0.3, 0.4) is 0 Å². The highest BCUT2D eigenvalue weighted by atomic mass is 32.1. The van der Waals surface area contributed by atoms with Crippen molar-refractivity contribution < 1.29 is 19.0 Å². The average molecular weight is 619 g/mol. The fourth-order valence-corrected chi connectivity index (χ4v) is 6.55. The maximum atomic E-state index is 14.3. The zero-order valence-corrected chi connectivity index (χ0v) is 26.5. The number of rotatable bonds is 9. The summed E-state index contributed by atoms with van der Waals surface area (Å²) in [5.74, 6) is 0.883. The molecule has 0 aliphatic carbocycles. The maximum Gasteiger partial charge on any atom is 0.338 e. The van der Waals surface area contributed by atoms with E-state index in [1.165, 1.54) is 11.3 Å². The SMILES string of the molecule is CCOC(=O)C1=C(C)N=c2s/c(=C\c3c(OCc4ccccc4)ccc4ccccc34)c(=O)n2[C@H]1c1ccc(OC(C)C)cc1. The van der Waals surface area contributed by atoms with Gasteiger partial charge in [-0.2, -0.15) is 0 Å². The number of esters is 1. The van der Waals surface area contributed by atoms with Gasteiger partial charge in [0.25, 0.3) is 5.56 Å². The van der Waals surface area contributed by atoms with Crippen LogP contribution < -0.4 is 24.4 Å². The Bertz CT molecular complexity index is 2080. The van der Waals surface area contributed by atoms with E-state index in [-0.39, 0.29) is 18.3 Å². The molecule has 1 aliphatic rings. The lowest BCUT2D eigenvalue weighted by molar-refractivity contribution is -0.139. The Hall–Kier alpha value is -4.95. The van der Waals surface area contributed by atoms with Gasteiger partial charge in [-0.25, -0.2) is 9.79 Å². The van der Waals surface area contributed by atoms with Gasteiger partial charge in [-0.3, -0.25) is 9.36 Å². The molecule has 6 rings (SSSR count). The molecule has 1 aliphatic heterocycles. The molecule has 1 atom stereocenters. The van der Waals surface area contributed by atoms with Crippen molar-refractivity contribution in [1.29, 1.82) is 0 Å². The molecule has 0 radical (unpaired) electrons. The van der Waals surface area contributed by atoms with E-state index >= 15 is 0 Å². The summed E-state index contributed by atoms with van der Waals surface area (Å²) >= 11 is 1.29. The summed E-state index contributed by atoms with van der Waals surface area (Å²) in [5.41, 5.74) is 3.22. The second kappa shape index (κ2) is 13.0. The van der Waals surface area contributed by atoms with Gasteiger partial charge < -0.3 is 14.2 Å². The van der Waals surface area contributed by atoms with E-state index in [1.807, 2.05) is 111 Å². The lowest BCUT2D eigenvalue weighted by Crippen LogP contribution is -2.39. The molecule has 0 saturated carbocycles. The first kappa shape index (κ1) is 30.1. The Morgan fingerprint density at radius 3 is 2.44 bits per heavy atom. The highest BCUT2D eigenvalue weighted by Crippen LogP contribution is 2.33. The van der Waals surface area contributed by atoms with E-state index in [9.17, 15) is 9.59 Å². The first-order chi connectivity index (χ1) is 21.8. The van der Waals surface area contributed by atoms with Crippen molar-refractivity contribution in [2.75, 3.05) is 6.61 Å². The minimum atomic E-state index is -0.711. The second-order valence-corrected chi connectivity index (χ2v) is 12.0. The normalized spacial score (nSPS) is 14.8.